The highest BCUT2D eigenvalue weighted by atomic mass is 16.5. The van der Waals surface area contributed by atoms with Gasteiger partial charge in [0, 0.05) is 19.2 Å². The first kappa shape index (κ1) is 16.3. The van der Waals surface area contributed by atoms with E-state index in [0.29, 0.717) is 17.7 Å². The lowest BCUT2D eigenvalue weighted by Crippen LogP contribution is -2.49. The lowest BCUT2D eigenvalue weighted by atomic mass is 9.99. The predicted molar refractivity (Wildman–Crippen MR) is 82.3 cm³/mol. The maximum absolute atomic E-state index is 12.6. The van der Waals surface area contributed by atoms with Crippen LogP contribution in [0.4, 0.5) is 0 Å². The van der Waals surface area contributed by atoms with Gasteiger partial charge in [0.25, 0.3) is 5.91 Å². The average Bonchev–Trinajstić information content (AvgIpc) is 2.55. The van der Waals surface area contributed by atoms with E-state index in [1.165, 1.54) is 0 Å². The number of amides is 1. The highest BCUT2D eigenvalue weighted by Gasteiger charge is 2.30. The van der Waals surface area contributed by atoms with E-state index >= 15 is 0 Å². The van der Waals surface area contributed by atoms with Gasteiger partial charge in [0.05, 0.1) is 11.6 Å². The molecule has 2 rings (SSSR count). The summed E-state index contributed by atoms with van der Waals surface area (Å²) in [4.78, 5) is 14.4. The Hall–Kier alpha value is -2.06. The van der Waals surface area contributed by atoms with Crippen molar-refractivity contribution in [2.45, 2.75) is 44.8 Å². The fourth-order valence-corrected chi connectivity index (χ4v) is 2.87. The zero-order valence-electron chi connectivity index (χ0n) is 12.9. The molecule has 5 nitrogen and oxygen atoms in total. The standard InChI is InChI=1S/C17H22N2O3/c1-13(22-16-7-4-5-14(11-16)12-18)17(21)19-9-3-2-6-15(19)8-10-20/h4-5,7,11,13,15,20H,2-3,6,8-10H2,1H3. The Labute approximate surface area is 131 Å². The molecule has 22 heavy (non-hydrogen) atoms. The summed E-state index contributed by atoms with van der Waals surface area (Å²) < 4.78 is 5.69. The maximum Gasteiger partial charge on any atom is 0.263 e. The zero-order valence-corrected chi connectivity index (χ0v) is 12.9. The van der Waals surface area contributed by atoms with Crippen LogP contribution in [0.2, 0.25) is 0 Å². The molecule has 1 fully saturated rings. The molecular weight excluding hydrogens is 280 g/mol. The average molecular weight is 302 g/mol. The quantitative estimate of drug-likeness (QED) is 0.904. The highest BCUT2D eigenvalue weighted by Crippen LogP contribution is 2.22. The molecule has 0 aliphatic carbocycles. The number of benzene rings is 1. The van der Waals surface area contributed by atoms with Crippen LogP contribution < -0.4 is 4.74 Å². The minimum atomic E-state index is -0.603. The smallest absolute Gasteiger partial charge is 0.263 e. The Bertz CT molecular complexity index is 551. The van der Waals surface area contributed by atoms with E-state index in [2.05, 4.69) is 6.07 Å². The molecule has 118 valence electrons. The fourth-order valence-electron chi connectivity index (χ4n) is 2.87. The molecule has 0 spiro atoms. The van der Waals surface area contributed by atoms with Crippen LogP contribution in [0.1, 0.15) is 38.2 Å². The number of carbonyl (C=O) groups is 1. The van der Waals surface area contributed by atoms with Crippen molar-refractivity contribution < 1.29 is 14.6 Å². The number of hydrogen-bond donors (Lipinski definition) is 1. The normalized spacial score (nSPS) is 19.3. The Kier molecular flexibility index (Phi) is 5.79. The molecule has 0 radical (unpaired) electrons. The molecule has 1 aliphatic rings. The van der Waals surface area contributed by atoms with Gasteiger partial charge in [0.15, 0.2) is 6.10 Å². The predicted octanol–water partition coefficient (Wildman–Crippen LogP) is 2.09. The zero-order chi connectivity index (χ0) is 15.9. The van der Waals surface area contributed by atoms with Crippen molar-refractivity contribution in [3.63, 3.8) is 0 Å². The van der Waals surface area contributed by atoms with Crippen molar-refractivity contribution in [2.24, 2.45) is 0 Å². The Morgan fingerprint density at radius 3 is 3.09 bits per heavy atom. The van der Waals surface area contributed by atoms with Gasteiger partial charge in [-0.2, -0.15) is 5.26 Å². The molecule has 1 saturated heterocycles. The number of nitrogens with zero attached hydrogens (tertiary/aromatic N) is 2. The Balaban J connectivity index is 2.02. The first-order chi connectivity index (χ1) is 10.7. The first-order valence-corrected chi connectivity index (χ1v) is 7.74. The molecule has 1 heterocycles. The van der Waals surface area contributed by atoms with Crippen molar-refractivity contribution in [1.82, 2.24) is 4.90 Å². The fraction of sp³-hybridized carbons (Fsp3) is 0.529. The van der Waals surface area contributed by atoms with Gasteiger partial charge in [-0.3, -0.25) is 4.79 Å². The summed E-state index contributed by atoms with van der Waals surface area (Å²) in [5.74, 6) is 0.469. The number of likely N-dealkylation sites (tertiary alicyclic amines) is 1. The third-order valence-corrected chi connectivity index (χ3v) is 4.00. The number of hydrogen-bond acceptors (Lipinski definition) is 4. The van der Waals surface area contributed by atoms with Gasteiger partial charge in [-0.15, -0.1) is 0 Å². The lowest BCUT2D eigenvalue weighted by molar-refractivity contribution is -0.142. The van der Waals surface area contributed by atoms with E-state index in [1.54, 1.807) is 31.2 Å². The molecule has 2 unspecified atom stereocenters. The molecule has 1 amide bonds. The third-order valence-electron chi connectivity index (χ3n) is 4.00. The number of carbonyl (C=O) groups excluding carboxylic acids is 1. The molecule has 0 saturated carbocycles. The molecule has 0 aromatic heterocycles. The molecule has 1 N–H and O–H groups in total. The monoisotopic (exact) mass is 302 g/mol. The summed E-state index contributed by atoms with van der Waals surface area (Å²) in [7, 11) is 0. The summed E-state index contributed by atoms with van der Waals surface area (Å²) in [6.45, 7) is 2.54. The summed E-state index contributed by atoms with van der Waals surface area (Å²) in [6, 6.07) is 8.96. The van der Waals surface area contributed by atoms with Gasteiger partial charge in [-0.25, -0.2) is 0 Å². The number of nitriles is 1. The second-order valence-electron chi connectivity index (χ2n) is 5.59. The van der Waals surface area contributed by atoms with Crippen LogP contribution in [0.5, 0.6) is 5.75 Å². The molecule has 1 aromatic carbocycles. The van der Waals surface area contributed by atoms with Crippen molar-refractivity contribution >= 4 is 5.91 Å². The number of aliphatic hydroxyl groups is 1. The van der Waals surface area contributed by atoms with E-state index in [9.17, 15) is 4.79 Å². The van der Waals surface area contributed by atoms with Crippen LogP contribution in [0, 0.1) is 11.3 Å². The molecule has 5 heteroatoms. The van der Waals surface area contributed by atoms with E-state index in [0.717, 1.165) is 25.8 Å². The van der Waals surface area contributed by atoms with E-state index < -0.39 is 6.10 Å². The SMILES string of the molecule is CC(Oc1cccc(C#N)c1)C(=O)N1CCCCC1CCO. The highest BCUT2D eigenvalue weighted by molar-refractivity contribution is 5.81. The van der Waals surface area contributed by atoms with Gasteiger partial charge in [0.2, 0.25) is 0 Å². The van der Waals surface area contributed by atoms with Crippen molar-refractivity contribution in [1.29, 1.82) is 5.26 Å². The van der Waals surface area contributed by atoms with Crippen molar-refractivity contribution in [3.8, 4) is 11.8 Å². The number of ether oxygens (including phenoxy) is 1. The minimum absolute atomic E-state index is 0.0551. The molecule has 1 aliphatic heterocycles. The van der Waals surface area contributed by atoms with Crippen LogP contribution in [0.3, 0.4) is 0 Å². The largest absolute Gasteiger partial charge is 0.481 e. The van der Waals surface area contributed by atoms with Gasteiger partial charge < -0.3 is 14.7 Å². The summed E-state index contributed by atoms with van der Waals surface area (Å²) in [5.41, 5.74) is 0.508. The topological polar surface area (TPSA) is 73.6 Å². The van der Waals surface area contributed by atoms with Crippen LogP contribution in [-0.4, -0.2) is 41.2 Å². The Morgan fingerprint density at radius 1 is 1.55 bits per heavy atom. The van der Waals surface area contributed by atoms with Crippen molar-refractivity contribution in [2.75, 3.05) is 13.2 Å². The molecule has 1 aromatic rings. The van der Waals surface area contributed by atoms with E-state index in [-0.39, 0.29) is 18.6 Å². The van der Waals surface area contributed by atoms with Gasteiger partial charge >= 0.3 is 0 Å². The summed E-state index contributed by atoms with van der Waals surface area (Å²) >= 11 is 0. The van der Waals surface area contributed by atoms with Crippen molar-refractivity contribution in [3.05, 3.63) is 29.8 Å². The van der Waals surface area contributed by atoms with Crippen LogP contribution in [0.15, 0.2) is 24.3 Å². The minimum Gasteiger partial charge on any atom is -0.481 e. The maximum atomic E-state index is 12.6. The molecule has 0 bridgehead atoms. The van der Waals surface area contributed by atoms with Crippen LogP contribution >= 0.6 is 0 Å². The van der Waals surface area contributed by atoms with Gasteiger partial charge in [0.1, 0.15) is 5.75 Å². The second kappa shape index (κ2) is 7.81. The molecular formula is C17H22N2O3. The molecule has 2 atom stereocenters. The van der Waals surface area contributed by atoms with E-state index in [4.69, 9.17) is 15.1 Å². The van der Waals surface area contributed by atoms with E-state index in [1.807, 2.05) is 4.90 Å². The summed E-state index contributed by atoms with van der Waals surface area (Å²) in [6.07, 6.45) is 3.03. The second-order valence-corrected chi connectivity index (χ2v) is 5.59. The summed E-state index contributed by atoms with van der Waals surface area (Å²) in [5, 5.41) is 18.0. The number of rotatable bonds is 5. The van der Waals surface area contributed by atoms with Crippen LogP contribution in [0.25, 0.3) is 0 Å². The first-order valence-electron chi connectivity index (χ1n) is 7.74. The number of aliphatic hydroxyl groups excluding tert-OH is 1. The van der Waals surface area contributed by atoms with Gasteiger partial charge in [-0.1, -0.05) is 6.07 Å². The van der Waals surface area contributed by atoms with Gasteiger partial charge in [-0.05, 0) is 50.8 Å². The lowest BCUT2D eigenvalue weighted by Gasteiger charge is -2.37. The Morgan fingerprint density at radius 2 is 2.36 bits per heavy atom. The third kappa shape index (κ3) is 3.99. The number of piperidine rings is 1. The van der Waals surface area contributed by atoms with Crippen LogP contribution in [-0.2, 0) is 4.79 Å².